The molecule has 2 fully saturated rings. The molecular formula is C33H34FN7O2. The summed E-state index contributed by atoms with van der Waals surface area (Å²) in [7, 11) is 0. The molecule has 0 atom stereocenters. The Bertz CT molecular complexity index is 1730. The first-order chi connectivity index (χ1) is 20.9. The minimum absolute atomic E-state index is 0.120. The van der Waals surface area contributed by atoms with Crippen LogP contribution in [0.15, 0.2) is 42.7 Å². The number of nitrogens with zero attached hydrogens (tertiary/aromatic N) is 7. The molecule has 7 rings (SSSR count). The average Bonchev–Trinajstić information content (AvgIpc) is 3.78. The fraction of sp³-hybridized carbons (Fsp3) is 0.424. The summed E-state index contributed by atoms with van der Waals surface area (Å²) in [6.45, 7) is 6.48. The number of carbonyl (C=O) groups is 1. The Morgan fingerprint density at radius 3 is 2.60 bits per heavy atom. The number of piperidine rings is 1. The van der Waals surface area contributed by atoms with Crippen molar-refractivity contribution >= 4 is 22.6 Å². The average molecular weight is 580 g/mol. The number of halogens is 1. The van der Waals surface area contributed by atoms with Gasteiger partial charge in [-0.25, -0.2) is 14.1 Å². The Kier molecular flexibility index (Phi) is 7.06. The van der Waals surface area contributed by atoms with Crippen LogP contribution in [0.2, 0.25) is 0 Å². The number of rotatable bonds is 7. The first kappa shape index (κ1) is 27.5. The Balaban J connectivity index is 1.29. The van der Waals surface area contributed by atoms with Gasteiger partial charge in [-0.05, 0) is 67.9 Å². The van der Waals surface area contributed by atoms with E-state index in [9.17, 15) is 14.4 Å². The maximum absolute atomic E-state index is 13.4. The molecule has 0 N–H and O–H groups in total. The lowest BCUT2D eigenvalue weighted by Gasteiger charge is -2.32. The lowest BCUT2D eigenvalue weighted by atomic mass is 9.93. The number of hydrogen-bond acceptors (Lipinski definition) is 7. The zero-order chi connectivity index (χ0) is 29.7. The second kappa shape index (κ2) is 11.0. The topological polar surface area (TPSA) is 100 Å². The number of benzene rings is 1. The van der Waals surface area contributed by atoms with Gasteiger partial charge in [0.25, 0.3) is 5.91 Å². The lowest BCUT2D eigenvalue weighted by molar-refractivity contribution is -0.121. The number of carbonyl (C=O) groups excluding carboxylic acids is 1. The quantitative estimate of drug-likeness (QED) is 0.288. The van der Waals surface area contributed by atoms with Crippen LogP contribution in [-0.4, -0.2) is 56.3 Å². The summed E-state index contributed by atoms with van der Waals surface area (Å²) < 4.78 is 21.4. The highest BCUT2D eigenvalue weighted by Gasteiger charge is 2.34. The Hall–Kier alpha value is -4.36. The predicted molar refractivity (Wildman–Crippen MR) is 160 cm³/mol. The zero-order valence-corrected chi connectivity index (χ0v) is 24.5. The fourth-order valence-electron chi connectivity index (χ4n) is 6.46. The number of anilines is 1. The van der Waals surface area contributed by atoms with Crippen LogP contribution in [0.25, 0.3) is 22.2 Å². The number of fused-ring (bicyclic) bond motifs is 2. The molecule has 1 saturated heterocycles. The van der Waals surface area contributed by atoms with Gasteiger partial charge in [0.15, 0.2) is 12.3 Å². The summed E-state index contributed by atoms with van der Waals surface area (Å²) >= 11 is 0. The second-order valence-electron chi connectivity index (χ2n) is 12.3. The molecule has 0 radical (unpaired) electrons. The molecule has 1 saturated carbocycles. The van der Waals surface area contributed by atoms with Crippen molar-refractivity contribution in [3.05, 3.63) is 65.5 Å². The molecule has 220 valence electrons. The van der Waals surface area contributed by atoms with Gasteiger partial charge in [0.2, 0.25) is 0 Å². The van der Waals surface area contributed by atoms with Crippen molar-refractivity contribution in [1.29, 1.82) is 5.26 Å². The first-order valence-electron chi connectivity index (χ1n) is 15.1. The van der Waals surface area contributed by atoms with Crippen LogP contribution in [0, 0.1) is 23.1 Å². The standard InChI is InChI=1S/C33H34FN7O2/c1-20(2)13-28-26(15-35)32(27-17-37-41(33(27)38-28)25-9-11-39(12-10-25)24-6-7-24)21-3-8-29-30(14-21)43-19-31(42)40(29)18-23-5-4-22(34)16-36-23/h3-5,8,14,16-17,20,24-25H,6-7,9-13,18-19H2,1-2H3. The van der Waals surface area contributed by atoms with Gasteiger partial charge >= 0.3 is 0 Å². The number of pyridine rings is 2. The summed E-state index contributed by atoms with van der Waals surface area (Å²) in [6, 6.07) is 12.1. The Labute approximate surface area is 249 Å². The summed E-state index contributed by atoms with van der Waals surface area (Å²) in [4.78, 5) is 26.3. The lowest BCUT2D eigenvalue weighted by Crippen LogP contribution is -2.38. The van der Waals surface area contributed by atoms with Crippen LogP contribution < -0.4 is 9.64 Å². The minimum Gasteiger partial charge on any atom is -0.482 e. The van der Waals surface area contributed by atoms with E-state index in [1.54, 1.807) is 11.0 Å². The molecule has 2 aliphatic heterocycles. The van der Waals surface area contributed by atoms with Crippen molar-refractivity contribution in [3.8, 4) is 22.9 Å². The number of amides is 1. The molecule has 1 aromatic carbocycles. The van der Waals surface area contributed by atoms with Crippen LogP contribution in [0.5, 0.6) is 5.75 Å². The zero-order valence-electron chi connectivity index (χ0n) is 24.5. The molecule has 3 aliphatic rings. The van der Waals surface area contributed by atoms with E-state index in [0.29, 0.717) is 35.0 Å². The van der Waals surface area contributed by atoms with Gasteiger partial charge in [-0.3, -0.25) is 14.7 Å². The molecule has 43 heavy (non-hydrogen) atoms. The van der Waals surface area contributed by atoms with Crippen LogP contribution >= 0.6 is 0 Å². The smallest absolute Gasteiger partial charge is 0.265 e. The van der Waals surface area contributed by atoms with Crippen molar-refractivity contribution in [2.75, 3.05) is 24.6 Å². The van der Waals surface area contributed by atoms with Gasteiger partial charge < -0.3 is 9.64 Å². The monoisotopic (exact) mass is 579 g/mol. The van der Waals surface area contributed by atoms with Crippen LogP contribution in [-0.2, 0) is 17.8 Å². The Morgan fingerprint density at radius 2 is 1.91 bits per heavy atom. The number of hydrogen-bond donors (Lipinski definition) is 0. The maximum atomic E-state index is 13.4. The summed E-state index contributed by atoms with van der Waals surface area (Å²) in [5.41, 5.74) is 4.91. The highest BCUT2D eigenvalue weighted by Crippen LogP contribution is 2.41. The fourth-order valence-corrected chi connectivity index (χ4v) is 6.46. The summed E-state index contributed by atoms with van der Waals surface area (Å²) in [5, 5.41) is 16.1. The van der Waals surface area contributed by atoms with E-state index in [4.69, 9.17) is 14.8 Å². The molecule has 0 spiro atoms. The van der Waals surface area contributed by atoms with Crippen molar-refractivity contribution in [3.63, 3.8) is 0 Å². The normalized spacial score (nSPS) is 17.7. The largest absolute Gasteiger partial charge is 0.482 e. The molecular weight excluding hydrogens is 545 g/mol. The molecule has 9 nitrogen and oxygen atoms in total. The number of nitriles is 1. The van der Waals surface area contributed by atoms with Crippen LogP contribution in [0.1, 0.15) is 62.5 Å². The van der Waals surface area contributed by atoms with E-state index < -0.39 is 5.82 Å². The molecule has 5 heterocycles. The molecule has 4 aromatic rings. The second-order valence-corrected chi connectivity index (χ2v) is 12.3. The van der Waals surface area contributed by atoms with E-state index in [-0.39, 0.29) is 25.1 Å². The van der Waals surface area contributed by atoms with Crippen LogP contribution in [0.4, 0.5) is 10.1 Å². The SMILES string of the molecule is CC(C)Cc1nc2c(cnn2C2CCN(C3CC3)CC2)c(-c2ccc3c(c2)OCC(=O)N3Cc2ccc(F)cn2)c1C#N. The van der Waals surface area contributed by atoms with Gasteiger partial charge in [-0.1, -0.05) is 19.9 Å². The highest BCUT2D eigenvalue weighted by atomic mass is 19.1. The van der Waals surface area contributed by atoms with Crippen LogP contribution in [0.3, 0.4) is 0 Å². The minimum atomic E-state index is -0.428. The van der Waals surface area contributed by atoms with Crippen molar-refractivity contribution < 1.29 is 13.9 Å². The summed E-state index contributed by atoms with van der Waals surface area (Å²) in [5.74, 6) is 0.222. The van der Waals surface area contributed by atoms with E-state index in [2.05, 4.69) is 34.5 Å². The molecule has 0 unspecified atom stereocenters. The molecule has 1 aliphatic carbocycles. The van der Waals surface area contributed by atoms with Crippen molar-refractivity contribution in [2.24, 2.45) is 5.92 Å². The molecule has 10 heteroatoms. The van der Waals surface area contributed by atoms with Gasteiger partial charge in [0.1, 0.15) is 17.6 Å². The third kappa shape index (κ3) is 5.23. The van der Waals surface area contributed by atoms with Gasteiger partial charge in [-0.2, -0.15) is 10.4 Å². The maximum Gasteiger partial charge on any atom is 0.265 e. The van der Waals surface area contributed by atoms with E-state index in [1.807, 2.05) is 24.4 Å². The number of aromatic nitrogens is 4. The highest BCUT2D eigenvalue weighted by molar-refractivity contribution is 6.00. The van der Waals surface area contributed by atoms with Gasteiger partial charge in [0, 0.05) is 30.1 Å². The van der Waals surface area contributed by atoms with Crippen molar-refractivity contribution in [2.45, 2.75) is 64.6 Å². The molecule has 1 amide bonds. The van der Waals surface area contributed by atoms with E-state index >= 15 is 0 Å². The summed E-state index contributed by atoms with van der Waals surface area (Å²) in [6.07, 6.45) is 8.36. The molecule has 0 bridgehead atoms. The number of likely N-dealkylation sites (tertiary alicyclic amines) is 1. The first-order valence-corrected chi connectivity index (χ1v) is 15.1. The number of ether oxygens (including phenoxy) is 1. The third-order valence-corrected chi connectivity index (χ3v) is 8.74. The van der Waals surface area contributed by atoms with Gasteiger partial charge in [-0.15, -0.1) is 0 Å². The van der Waals surface area contributed by atoms with E-state index in [0.717, 1.165) is 66.0 Å². The van der Waals surface area contributed by atoms with Crippen molar-refractivity contribution in [1.82, 2.24) is 24.6 Å². The predicted octanol–water partition coefficient (Wildman–Crippen LogP) is 5.43. The third-order valence-electron chi connectivity index (χ3n) is 8.74. The van der Waals surface area contributed by atoms with Gasteiger partial charge in [0.05, 0.1) is 47.6 Å². The van der Waals surface area contributed by atoms with E-state index in [1.165, 1.54) is 18.9 Å². The Morgan fingerprint density at radius 1 is 1.09 bits per heavy atom. The molecule has 3 aromatic heterocycles.